The first kappa shape index (κ1) is 19.9. The summed E-state index contributed by atoms with van der Waals surface area (Å²) >= 11 is 0. The smallest absolute Gasteiger partial charge is 0.265 e. The molecule has 2 amide bonds. The minimum Gasteiger partial charge on any atom is -0.352 e. The summed E-state index contributed by atoms with van der Waals surface area (Å²) in [4.78, 5) is 25.0. The van der Waals surface area contributed by atoms with Crippen molar-refractivity contribution in [2.45, 2.75) is 18.2 Å². The van der Waals surface area contributed by atoms with Crippen LogP contribution in [-0.2, 0) is 14.8 Å². The van der Waals surface area contributed by atoms with Crippen LogP contribution >= 0.6 is 0 Å². The van der Waals surface area contributed by atoms with Gasteiger partial charge in [0.25, 0.3) is 15.9 Å². The molecular weight excluding hydrogens is 402 g/mol. The van der Waals surface area contributed by atoms with Crippen LogP contribution in [0.25, 0.3) is 10.8 Å². The Morgan fingerprint density at radius 2 is 1.73 bits per heavy atom. The van der Waals surface area contributed by atoms with Crippen LogP contribution in [0.1, 0.15) is 23.7 Å². The van der Waals surface area contributed by atoms with E-state index in [-0.39, 0.29) is 17.3 Å². The molecule has 0 fully saturated rings. The second kappa shape index (κ2) is 7.79. The Bertz CT molecular complexity index is 1250. The number of carbonyl (C=O) groups excluding carboxylic acids is 2. The Kier molecular flexibility index (Phi) is 5.17. The number of sulfonamides is 1. The fourth-order valence-electron chi connectivity index (χ4n) is 3.54. The predicted octanol–water partition coefficient (Wildman–Crippen LogP) is 3.13. The molecule has 4 rings (SSSR count). The second-order valence-corrected chi connectivity index (χ2v) is 8.86. The lowest BCUT2D eigenvalue weighted by Gasteiger charge is -2.18. The maximum absolute atomic E-state index is 13.0. The molecule has 1 aliphatic rings. The quantitative estimate of drug-likeness (QED) is 0.637. The average molecular weight is 423 g/mol. The molecule has 1 heterocycles. The summed E-state index contributed by atoms with van der Waals surface area (Å²) in [6.07, 6.45) is 0.821. The lowest BCUT2D eigenvalue weighted by molar-refractivity contribution is -0.114. The van der Waals surface area contributed by atoms with E-state index in [1.807, 2.05) is 19.1 Å². The van der Waals surface area contributed by atoms with Gasteiger partial charge in [-0.2, -0.15) is 0 Å². The van der Waals surface area contributed by atoms with E-state index in [4.69, 9.17) is 0 Å². The van der Waals surface area contributed by atoms with E-state index in [9.17, 15) is 18.0 Å². The summed E-state index contributed by atoms with van der Waals surface area (Å²) in [7, 11) is -3.81. The van der Waals surface area contributed by atoms with E-state index in [1.165, 1.54) is 0 Å². The van der Waals surface area contributed by atoms with Crippen molar-refractivity contribution >= 4 is 44.0 Å². The van der Waals surface area contributed by atoms with Crippen molar-refractivity contribution in [1.29, 1.82) is 0 Å². The molecule has 154 valence electrons. The van der Waals surface area contributed by atoms with Crippen LogP contribution in [0.5, 0.6) is 0 Å². The van der Waals surface area contributed by atoms with Gasteiger partial charge in [0.2, 0.25) is 5.91 Å². The maximum Gasteiger partial charge on any atom is 0.265 e. The first-order chi connectivity index (χ1) is 14.4. The largest absolute Gasteiger partial charge is 0.352 e. The zero-order valence-electron chi connectivity index (χ0n) is 16.4. The molecule has 0 bridgehead atoms. The van der Waals surface area contributed by atoms with Crippen LogP contribution in [-0.4, -0.2) is 33.3 Å². The van der Waals surface area contributed by atoms with E-state index in [0.29, 0.717) is 28.9 Å². The van der Waals surface area contributed by atoms with Gasteiger partial charge in [0.15, 0.2) is 0 Å². The molecular formula is C22H21N3O4S. The molecule has 0 aliphatic carbocycles. The number of carbonyl (C=O) groups is 2. The monoisotopic (exact) mass is 423 g/mol. The number of hydrogen-bond donors (Lipinski definition) is 2. The van der Waals surface area contributed by atoms with Gasteiger partial charge in [-0.05, 0) is 42.1 Å². The summed E-state index contributed by atoms with van der Waals surface area (Å²) in [5.74, 6) is -0.716. The van der Waals surface area contributed by atoms with Gasteiger partial charge >= 0.3 is 0 Å². The lowest BCUT2D eigenvalue weighted by atomic mass is 10.1. The number of rotatable bonds is 6. The van der Waals surface area contributed by atoms with Gasteiger partial charge in [-0.25, -0.2) is 8.42 Å². The lowest BCUT2D eigenvalue weighted by Crippen LogP contribution is -2.35. The predicted molar refractivity (Wildman–Crippen MR) is 116 cm³/mol. The molecule has 0 aromatic heterocycles. The highest BCUT2D eigenvalue weighted by Gasteiger charge is 2.36. The first-order valence-electron chi connectivity index (χ1n) is 9.64. The van der Waals surface area contributed by atoms with Crippen molar-refractivity contribution in [3.05, 3.63) is 66.2 Å². The van der Waals surface area contributed by atoms with E-state index in [0.717, 1.165) is 16.1 Å². The Hall–Kier alpha value is -3.39. The standard InChI is InChI=1S/C22H21N3O4S/c1-2-12-23-22(27)16-8-3-9-17(13-16)24-20(26)14-25-18-10-4-6-15-7-5-11-19(21(15)18)30(25,28)29/h3-11,13H,2,12,14H2,1H3,(H,23,27)(H,24,26). The van der Waals surface area contributed by atoms with Crippen LogP contribution in [0.3, 0.4) is 0 Å². The molecule has 0 atom stereocenters. The molecule has 0 spiro atoms. The summed E-state index contributed by atoms with van der Waals surface area (Å²) in [6.45, 7) is 2.17. The highest BCUT2D eigenvalue weighted by Crippen LogP contribution is 2.41. The molecule has 8 heteroatoms. The summed E-state index contributed by atoms with van der Waals surface area (Å²) in [5.41, 5.74) is 1.34. The van der Waals surface area contributed by atoms with Crippen molar-refractivity contribution < 1.29 is 18.0 Å². The van der Waals surface area contributed by atoms with Crippen molar-refractivity contribution in [2.24, 2.45) is 0 Å². The third kappa shape index (κ3) is 3.50. The number of anilines is 2. The zero-order chi connectivity index (χ0) is 21.3. The van der Waals surface area contributed by atoms with E-state index in [1.54, 1.807) is 48.5 Å². The van der Waals surface area contributed by atoms with Gasteiger partial charge in [-0.3, -0.25) is 13.9 Å². The molecule has 3 aromatic carbocycles. The summed E-state index contributed by atoms with van der Waals surface area (Å²) in [5, 5.41) is 6.91. The molecule has 2 N–H and O–H groups in total. The Balaban J connectivity index is 1.55. The van der Waals surface area contributed by atoms with Crippen LogP contribution in [0, 0.1) is 0 Å². The molecule has 1 aliphatic heterocycles. The number of amides is 2. The summed E-state index contributed by atoms with van der Waals surface area (Å²) in [6, 6.07) is 16.9. The Labute approximate surface area is 174 Å². The van der Waals surface area contributed by atoms with Crippen LogP contribution in [0.4, 0.5) is 11.4 Å². The topological polar surface area (TPSA) is 95.6 Å². The first-order valence-corrected chi connectivity index (χ1v) is 11.1. The molecule has 0 unspecified atom stereocenters. The molecule has 7 nitrogen and oxygen atoms in total. The number of hydrogen-bond acceptors (Lipinski definition) is 4. The molecule has 0 saturated carbocycles. The minimum atomic E-state index is -3.81. The van der Waals surface area contributed by atoms with Crippen LogP contribution < -0.4 is 14.9 Å². The van der Waals surface area contributed by atoms with Gasteiger partial charge in [0.05, 0.1) is 10.6 Å². The van der Waals surface area contributed by atoms with E-state index < -0.39 is 15.9 Å². The third-order valence-electron chi connectivity index (χ3n) is 4.91. The average Bonchev–Trinajstić information content (AvgIpc) is 2.95. The summed E-state index contributed by atoms with van der Waals surface area (Å²) < 4.78 is 27.1. The van der Waals surface area contributed by atoms with Crippen LogP contribution in [0.15, 0.2) is 65.6 Å². The molecule has 0 radical (unpaired) electrons. The zero-order valence-corrected chi connectivity index (χ0v) is 17.2. The second-order valence-electron chi connectivity index (χ2n) is 7.03. The third-order valence-corrected chi connectivity index (χ3v) is 6.71. The van der Waals surface area contributed by atoms with E-state index >= 15 is 0 Å². The Morgan fingerprint density at radius 1 is 1.00 bits per heavy atom. The SMILES string of the molecule is CCCNC(=O)c1cccc(NC(=O)CN2c3cccc4cccc(c34)S2(=O)=O)c1. The highest BCUT2D eigenvalue weighted by molar-refractivity contribution is 7.93. The minimum absolute atomic E-state index is 0.206. The van der Waals surface area contributed by atoms with Crippen molar-refractivity contribution in [3.8, 4) is 0 Å². The van der Waals surface area contributed by atoms with Gasteiger partial charge in [0.1, 0.15) is 6.54 Å². The van der Waals surface area contributed by atoms with Gasteiger partial charge < -0.3 is 10.6 Å². The maximum atomic E-state index is 13.0. The van der Waals surface area contributed by atoms with Crippen molar-refractivity contribution in [2.75, 3.05) is 22.7 Å². The van der Waals surface area contributed by atoms with Gasteiger partial charge in [0, 0.05) is 23.2 Å². The van der Waals surface area contributed by atoms with Crippen molar-refractivity contribution in [3.63, 3.8) is 0 Å². The van der Waals surface area contributed by atoms with E-state index in [2.05, 4.69) is 10.6 Å². The normalized spacial score (nSPS) is 14.0. The number of benzene rings is 3. The molecule has 3 aromatic rings. The molecule has 0 saturated heterocycles. The van der Waals surface area contributed by atoms with Gasteiger partial charge in [-0.1, -0.05) is 37.3 Å². The fourth-order valence-corrected chi connectivity index (χ4v) is 5.20. The molecule has 30 heavy (non-hydrogen) atoms. The Morgan fingerprint density at radius 3 is 2.50 bits per heavy atom. The number of nitrogens with one attached hydrogen (secondary N) is 2. The fraction of sp³-hybridized carbons (Fsp3) is 0.182. The van der Waals surface area contributed by atoms with Crippen molar-refractivity contribution in [1.82, 2.24) is 5.32 Å². The van der Waals surface area contributed by atoms with Gasteiger partial charge in [-0.15, -0.1) is 0 Å². The van der Waals surface area contributed by atoms with Crippen LogP contribution in [0.2, 0.25) is 0 Å². The number of nitrogens with zero attached hydrogens (tertiary/aromatic N) is 1. The highest BCUT2D eigenvalue weighted by atomic mass is 32.2.